The van der Waals surface area contributed by atoms with E-state index in [0.29, 0.717) is 37.6 Å². The van der Waals surface area contributed by atoms with Gasteiger partial charge >= 0.3 is 6.18 Å². The Morgan fingerprint density at radius 2 is 1.92 bits per heavy atom. The number of hydrogen-bond acceptors (Lipinski definition) is 6. The van der Waals surface area contributed by atoms with Crippen LogP contribution in [0.2, 0.25) is 9.36 Å². The molecule has 0 unspecified atom stereocenters. The maximum Gasteiger partial charge on any atom is 0.421 e. The van der Waals surface area contributed by atoms with E-state index in [1.165, 1.54) is 29.8 Å². The number of aryl methyl sites for hydroxylation is 1. The Balaban J connectivity index is 1.50. The van der Waals surface area contributed by atoms with E-state index in [0.717, 1.165) is 27.3 Å². The standard InChI is InChI=1S/C26H17Cl2F3N4O2S/c1-14-10-16(23-24(28)38-13-33-23)15-4-2-6-21(22(15)34-14)37-12-17-19(27)7-8-32-20(17)11-35-9-3-5-18(25(35)36)26(29,30)31/h2-10,13H,11-12H2,1H3. The van der Waals surface area contributed by atoms with Crippen molar-refractivity contribution >= 4 is 45.4 Å². The molecule has 6 nitrogen and oxygen atoms in total. The fourth-order valence-electron chi connectivity index (χ4n) is 4.06. The Labute approximate surface area is 228 Å². The topological polar surface area (TPSA) is 69.9 Å². The predicted octanol–water partition coefficient (Wildman–Crippen LogP) is 7.18. The smallest absolute Gasteiger partial charge is 0.421 e. The largest absolute Gasteiger partial charge is 0.486 e. The summed E-state index contributed by atoms with van der Waals surface area (Å²) in [6, 6.07) is 10.8. The highest BCUT2D eigenvalue weighted by molar-refractivity contribution is 7.14. The quantitative estimate of drug-likeness (QED) is 0.214. The summed E-state index contributed by atoms with van der Waals surface area (Å²) in [5, 5.41) is 1.09. The third-order valence-electron chi connectivity index (χ3n) is 5.82. The highest BCUT2D eigenvalue weighted by atomic mass is 35.5. The van der Waals surface area contributed by atoms with Crippen molar-refractivity contribution in [2.45, 2.75) is 26.3 Å². The highest BCUT2D eigenvalue weighted by Crippen LogP contribution is 2.37. The molecule has 4 heterocycles. The summed E-state index contributed by atoms with van der Waals surface area (Å²) in [5.41, 5.74) is 2.76. The summed E-state index contributed by atoms with van der Waals surface area (Å²) >= 11 is 14.1. The van der Waals surface area contributed by atoms with Crippen LogP contribution in [-0.4, -0.2) is 19.5 Å². The molecule has 0 atom stereocenters. The molecule has 12 heteroatoms. The fraction of sp³-hybridized carbons (Fsp3) is 0.154. The number of halogens is 5. The van der Waals surface area contributed by atoms with Gasteiger partial charge in [0, 0.05) is 34.6 Å². The number of para-hydroxylation sites is 1. The third-order valence-corrected chi connectivity index (χ3v) is 7.23. The van der Waals surface area contributed by atoms with Gasteiger partial charge in [-0.2, -0.15) is 13.2 Å². The summed E-state index contributed by atoms with van der Waals surface area (Å²) < 4.78 is 47.3. The molecular weight excluding hydrogens is 560 g/mol. The van der Waals surface area contributed by atoms with Gasteiger partial charge in [-0.3, -0.25) is 9.78 Å². The predicted molar refractivity (Wildman–Crippen MR) is 141 cm³/mol. The van der Waals surface area contributed by atoms with Gasteiger partial charge in [-0.15, -0.1) is 11.3 Å². The van der Waals surface area contributed by atoms with E-state index in [2.05, 4.69) is 15.0 Å². The number of pyridine rings is 3. The van der Waals surface area contributed by atoms with E-state index in [9.17, 15) is 18.0 Å². The van der Waals surface area contributed by atoms with E-state index in [1.807, 2.05) is 25.1 Å². The molecule has 0 aliphatic rings. The lowest BCUT2D eigenvalue weighted by molar-refractivity contribution is -0.138. The summed E-state index contributed by atoms with van der Waals surface area (Å²) in [6.07, 6.45) is -2.07. The van der Waals surface area contributed by atoms with Crippen LogP contribution in [0.4, 0.5) is 13.2 Å². The number of nitrogens with zero attached hydrogens (tertiary/aromatic N) is 4. The molecule has 1 aromatic carbocycles. The van der Waals surface area contributed by atoms with Crippen molar-refractivity contribution in [1.82, 2.24) is 19.5 Å². The summed E-state index contributed by atoms with van der Waals surface area (Å²) in [5.74, 6) is 0.459. The molecule has 5 aromatic rings. The van der Waals surface area contributed by atoms with Crippen LogP contribution < -0.4 is 10.3 Å². The zero-order valence-electron chi connectivity index (χ0n) is 19.6. The molecule has 0 spiro atoms. The number of hydrogen-bond donors (Lipinski definition) is 0. The number of ether oxygens (including phenoxy) is 1. The third kappa shape index (κ3) is 5.11. The van der Waals surface area contributed by atoms with Gasteiger partial charge in [0.05, 0.1) is 22.8 Å². The van der Waals surface area contributed by atoms with Gasteiger partial charge in [-0.1, -0.05) is 35.3 Å². The Hall–Kier alpha value is -3.47. The molecule has 0 aliphatic carbocycles. The molecule has 38 heavy (non-hydrogen) atoms. The molecule has 0 fully saturated rings. The molecule has 194 valence electrons. The van der Waals surface area contributed by atoms with Gasteiger partial charge in [0.1, 0.15) is 33.5 Å². The van der Waals surface area contributed by atoms with Crippen LogP contribution in [0.15, 0.2) is 65.2 Å². The van der Waals surface area contributed by atoms with Crippen molar-refractivity contribution in [3.8, 4) is 17.0 Å². The second kappa shape index (κ2) is 10.4. The van der Waals surface area contributed by atoms with E-state index in [1.54, 1.807) is 17.6 Å². The molecule has 0 amide bonds. The number of alkyl halides is 3. The van der Waals surface area contributed by atoms with Crippen LogP contribution in [0.3, 0.4) is 0 Å². The molecule has 0 bridgehead atoms. The number of thiazole rings is 1. The average Bonchev–Trinajstić information content (AvgIpc) is 3.29. The molecular formula is C26H17Cl2F3N4O2S. The van der Waals surface area contributed by atoms with E-state index < -0.39 is 17.3 Å². The van der Waals surface area contributed by atoms with Crippen molar-refractivity contribution < 1.29 is 17.9 Å². The lowest BCUT2D eigenvalue weighted by Crippen LogP contribution is -2.28. The second-order valence-corrected chi connectivity index (χ2v) is 10.2. The van der Waals surface area contributed by atoms with Gasteiger partial charge in [0.2, 0.25) is 0 Å². The fourth-order valence-corrected chi connectivity index (χ4v) is 5.07. The van der Waals surface area contributed by atoms with Crippen molar-refractivity contribution in [3.63, 3.8) is 0 Å². The first-order chi connectivity index (χ1) is 18.1. The lowest BCUT2D eigenvalue weighted by atomic mass is 10.0. The highest BCUT2D eigenvalue weighted by Gasteiger charge is 2.34. The van der Waals surface area contributed by atoms with E-state index in [-0.39, 0.29) is 13.2 Å². The van der Waals surface area contributed by atoms with Gasteiger partial charge in [-0.05, 0) is 37.3 Å². The maximum absolute atomic E-state index is 13.2. The van der Waals surface area contributed by atoms with Crippen LogP contribution in [0, 0.1) is 6.92 Å². The van der Waals surface area contributed by atoms with Gasteiger partial charge < -0.3 is 9.30 Å². The number of fused-ring (bicyclic) bond motifs is 1. The minimum Gasteiger partial charge on any atom is -0.486 e. The van der Waals surface area contributed by atoms with E-state index >= 15 is 0 Å². The van der Waals surface area contributed by atoms with Crippen LogP contribution in [0.25, 0.3) is 22.2 Å². The van der Waals surface area contributed by atoms with Crippen molar-refractivity contribution in [3.05, 3.63) is 103 Å². The molecule has 0 radical (unpaired) electrons. The first kappa shape index (κ1) is 26.1. The van der Waals surface area contributed by atoms with Crippen LogP contribution in [-0.2, 0) is 19.3 Å². The first-order valence-corrected chi connectivity index (χ1v) is 12.8. The summed E-state index contributed by atoms with van der Waals surface area (Å²) in [6.45, 7) is 1.57. The van der Waals surface area contributed by atoms with Crippen LogP contribution in [0.5, 0.6) is 5.75 Å². The van der Waals surface area contributed by atoms with Crippen molar-refractivity contribution in [1.29, 1.82) is 0 Å². The van der Waals surface area contributed by atoms with Crippen molar-refractivity contribution in [2.24, 2.45) is 0 Å². The lowest BCUT2D eigenvalue weighted by Gasteiger charge is -2.15. The van der Waals surface area contributed by atoms with Gasteiger partial charge in [0.15, 0.2) is 0 Å². The summed E-state index contributed by atoms with van der Waals surface area (Å²) in [7, 11) is 0. The molecule has 4 aromatic heterocycles. The zero-order valence-corrected chi connectivity index (χ0v) is 21.9. The van der Waals surface area contributed by atoms with Crippen LogP contribution >= 0.6 is 34.5 Å². The Bertz CT molecular complexity index is 1720. The summed E-state index contributed by atoms with van der Waals surface area (Å²) in [4.78, 5) is 25.8. The number of rotatable bonds is 6. The van der Waals surface area contributed by atoms with Gasteiger partial charge in [-0.25, -0.2) is 9.97 Å². The molecule has 0 aliphatic heterocycles. The molecule has 0 saturated carbocycles. The minimum absolute atomic E-state index is 0.0583. The first-order valence-electron chi connectivity index (χ1n) is 11.1. The maximum atomic E-state index is 13.2. The average molecular weight is 577 g/mol. The zero-order chi connectivity index (χ0) is 27.0. The van der Waals surface area contributed by atoms with E-state index in [4.69, 9.17) is 27.9 Å². The Kier molecular flexibility index (Phi) is 7.13. The number of aromatic nitrogens is 4. The van der Waals surface area contributed by atoms with Crippen LogP contribution in [0.1, 0.15) is 22.5 Å². The Morgan fingerprint density at radius 3 is 2.66 bits per heavy atom. The Morgan fingerprint density at radius 1 is 1.11 bits per heavy atom. The van der Waals surface area contributed by atoms with Gasteiger partial charge in [0.25, 0.3) is 5.56 Å². The monoisotopic (exact) mass is 576 g/mol. The normalized spacial score (nSPS) is 11.7. The van der Waals surface area contributed by atoms with Crippen molar-refractivity contribution in [2.75, 3.05) is 0 Å². The molecule has 5 rings (SSSR count). The molecule has 0 N–H and O–H groups in total. The molecule has 0 saturated heterocycles. The SMILES string of the molecule is Cc1cc(-c2ncsc2Cl)c2cccc(OCc3c(Cl)ccnc3Cn3cccc(C(F)(F)F)c3=O)c2n1. The number of benzene rings is 1. The second-order valence-electron chi connectivity index (χ2n) is 8.30. The minimum atomic E-state index is -4.77.